The molecule has 4 N–H and O–H groups in total. The molecular formula is C24H19F3N6O4. The van der Waals surface area contributed by atoms with Crippen molar-refractivity contribution in [3.05, 3.63) is 105 Å². The number of halogens is 3. The zero-order valence-corrected chi connectivity index (χ0v) is 19.0. The summed E-state index contributed by atoms with van der Waals surface area (Å²) in [5.74, 6) is -1.33. The Morgan fingerprint density at radius 1 is 0.946 bits per heavy atom. The maximum atomic E-state index is 13.3. The number of alkyl halides is 3. The Labute approximate surface area is 206 Å². The molecule has 0 aliphatic rings. The van der Waals surface area contributed by atoms with E-state index in [2.05, 4.69) is 19.7 Å². The fourth-order valence-electron chi connectivity index (χ4n) is 3.53. The van der Waals surface area contributed by atoms with Gasteiger partial charge in [0.2, 0.25) is 5.95 Å². The van der Waals surface area contributed by atoms with E-state index in [0.717, 1.165) is 12.1 Å². The van der Waals surface area contributed by atoms with Crippen LogP contribution in [0.3, 0.4) is 0 Å². The highest BCUT2D eigenvalue weighted by Gasteiger charge is 2.33. The van der Waals surface area contributed by atoms with Gasteiger partial charge in [-0.2, -0.15) is 0 Å². The molecule has 4 rings (SSSR count). The predicted molar refractivity (Wildman–Crippen MR) is 126 cm³/mol. The second-order valence-corrected chi connectivity index (χ2v) is 7.85. The van der Waals surface area contributed by atoms with Gasteiger partial charge in [-0.15, -0.1) is 13.2 Å². The summed E-state index contributed by atoms with van der Waals surface area (Å²) in [6.45, 7) is -0.375. The Morgan fingerprint density at radius 2 is 1.65 bits per heavy atom. The van der Waals surface area contributed by atoms with E-state index in [0.29, 0.717) is 16.7 Å². The number of nitrogen functional groups attached to an aromatic ring is 1. The fraction of sp³-hybridized carbons (Fsp3) is 0.125. The molecule has 13 heteroatoms. The molecule has 0 bridgehead atoms. The highest BCUT2D eigenvalue weighted by molar-refractivity contribution is 5.92. The summed E-state index contributed by atoms with van der Waals surface area (Å²) < 4.78 is 44.1. The van der Waals surface area contributed by atoms with Gasteiger partial charge in [-0.25, -0.2) is 14.8 Å². The lowest BCUT2D eigenvalue weighted by molar-refractivity contribution is -0.274. The van der Waals surface area contributed by atoms with Crippen LogP contribution in [0.5, 0.6) is 5.75 Å². The van der Waals surface area contributed by atoms with Crippen molar-refractivity contribution in [3.8, 4) is 16.9 Å². The number of rotatable bonds is 7. The third kappa shape index (κ3) is 6.60. The molecule has 37 heavy (non-hydrogen) atoms. The molecule has 4 aromatic rings. The van der Waals surface area contributed by atoms with Gasteiger partial charge in [0.1, 0.15) is 11.4 Å². The number of aromatic nitrogens is 4. The Morgan fingerprint density at radius 3 is 2.30 bits per heavy atom. The van der Waals surface area contributed by atoms with E-state index in [1.54, 1.807) is 30.3 Å². The summed E-state index contributed by atoms with van der Waals surface area (Å²) in [4.78, 5) is 49.8. The lowest BCUT2D eigenvalue weighted by Gasteiger charge is -2.24. The summed E-state index contributed by atoms with van der Waals surface area (Å²) >= 11 is 0. The molecule has 2 aromatic heterocycles. The summed E-state index contributed by atoms with van der Waals surface area (Å²) in [5, 5.41) is 0. The standard InChI is InChI=1S/C24H19F3N6O4/c25-24(26,27)37-19-8-15(17-10-29-22(28)30-11-17)6-7-16(19)13-33(12-14-4-2-1-3-5-14)21(35)18-9-20(34)32-23(36)31-18/h1-11H,12-13H2,(H2,28,29,30)(H2,31,32,34,36). The van der Waals surface area contributed by atoms with Crippen LogP contribution in [0.25, 0.3) is 11.1 Å². The summed E-state index contributed by atoms with van der Waals surface area (Å²) in [6, 6.07) is 13.6. The maximum Gasteiger partial charge on any atom is 0.573 e. The fourth-order valence-corrected chi connectivity index (χ4v) is 3.53. The van der Waals surface area contributed by atoms with Crippen LogP contribution in [0.15, 0.2) is 76.6 Å². The van der Waals surface area contributed by atoms with Crippen molar-refractivity contribution in [1.82, 2.24) is 24.8 Å². The number of carbonyl (C=O) groups excluding carboxylic acids is 1. The first-order valence-electron chi connectivity index (χ1n) is 10.7. The minimum absolute atomic E-state index is 0.00000787. The molecule has 0 atom stereocenters. The highest BCUT2D eigenvalue weighted by atomic mass is 19.4. The highest BCUT2D eigenvalue weighted by Crippen LogP contribution is 2.32. The van der Waals surface area contributed by atoms with Crippen molar-refractivity contribution >= 4 is 11.9 Å². The molecule has 0 unspecified atom stereocenters. The van der Waals surface area contributed by atoms with Gasteiger partial charge in [0.25, 0.3) is 11.5 Å². The first-order chi connectivity index (χ1) is 17.6. The molecule has 1 amide bonds. The first kappa shape index (κ1) is 25.2. The average Bonchev–Trinajstić information content (AvgIpc) is 2.84. The zero-order valence-electron chi connectivity index (χ0n) is 19.0. The minimum Gasteiger partial charge on any atom is -0.405 e. The van der Waals surface area contributed by atoms with E-state index in [1.165, 1.54) is 29.4 Å². The van der Waals surface area contributed by atoms with Gasteiger partial charge >= 0.3 is 12.1 Å². The van der Waals surface area contributed by atoms with Gasteiger partial charge < -0.3 is 20.4 Å². The van der Waals surface area contributed by atoms with E-state index in [9.17, 15) is 27.6 Å². The number of anilines is 1. The van der Waals surface area contributed by atoms with Crippen LogP contribution in [0.2, 0.25) is 0 Å². The molecule has 2 heterocycles. The number of nitrogens with one attached hydrogen (secondary N) is 2. The average molecular weight is 512 g/mol. The Hall–Kier alpha value is -4.94. The maximum absolute atomic E-state index is 13.3. The normalized spacial score (nSPS) is 11.2. The van der Waals surface area contributed by atoms with Crippen LogP contribution in [0.4, 0.5) is 19.1 Å². The van der Waals surface area contributed by atoms with Crippen molar-refractivity contribution in [2.45, 2.75) is 19.5 Å². The quantitative estimate of drug-likeness (QED) is 0.345. The molecule has 0 saturated heterocycles. The lowest BCUT2D eigenvalue weighted by Crippen LogP contribution is -2.34. The topological polar surface area (TPSA) is 147 Å². The van der Waals surface area contributed by atoms with Gasteiger partial charge in [-0.1, -0.05) is 42.5 Å². The largest absolute Gasteiger partial charge is 0.573 e. The van der Waals surface area contributed by atoms with E-state index in [-0.39, 0.29) is 30.3 Å². The number of aromatic amines is 2. The molecule has 190 valence electrons. The minimum atomic E-state index is -5.02. The second-order valence-electron chi connectivity index (χ2n) is 7.85. The molecule has 0 saturated carbocycles. The molecule has 0 radical (unpaired) electrons. The monoisotopic (exact) mass is 512 g/mol. The number of amides is 1. The molecule has 2 aromatic carbocycles. The smallest absolute Gasteiger partial charge is 0.405 e. The SMILES string of the molecule is Nc1ncc(-c2ccc(CN(Cc3ccccc3)C(=O)c3cc(=O)[nH]c(=O)[nH]3)c(OC(F)(F)F)c2)cn1. The second kappa shape index (κ2) is 10.4. The van der Waals surface area contributed by atoms with Crippen LogP contribution in [-0.2, 0) is 13.1 Å². The number of H-pyrrole nitrogens is 2. The van der Waals surface area contributed by atoms with E-state index in [1.807, 2.05) is 4.98 Å². The Kier molecular flexibility index (Phi) is 7.04. The van der Waals surface area contributed by atoms with Crippen molar-refractivity contribution in [2.75, 3.05) is 5.73 Å². The molecule has 0 aliphatic carbocycles. The van der Waals surface area contributed by atoms with Gasteiger partial charge in [-0.05, 0) is 17.2 Å². The molecule has 0 fully saturated rings. The molecule has 0 spiro atoms. The van der Waals surface area contributed by atoms with Crippen LogP contribution in [0.1, 0.15) is 21.6 Å². The van der Waals surface area contributed by atoms with Crippen LogP contribution in [-0.4, -0.2) is 37.1 Å². The Balaban J connectivity index is 1.75. The Bertz CT molecular complexity index is 1490. The first-order valence-corrected chi connectivity index (χ1v) is 10.7. The number of hydrogen-bond acceptors (Lipinski definition) is 7. The van der Waals surface area contributed by atoms with Gasteiger partial charge in [0.15, 0.2) is 0 Å². The van der Waals surface area contributed by atoms with Gasteiger partial charge in [-0.3, -0.25) is 14.6 Å². The summed E-state index contributed by atoms with van der Waals surface area (Å²) in [7, 11) is 0. The third-order valence-corrected chi connectivity index (χ3v) is 5.15. The van der Waals surface area contributed by atoms with E-state index < -0.39 is 29.3 Å². The van der Waals surface area contributed by atoms with Gasteiger partial charge in [0, 0.05) is 36.1 Å². The summed E-state index contributed by atoms with van der Waals surface area (Å²) in [6.07, 6.45) is -2.32. The molecule has 0 aliphatic heterocycles. The molecule has 10 nitrogen and oxygen atoms in total. The summed E-state index contributed by atoms with van der Waals surface area (Å²) in [5.41, 5.74) is 4.86. The van der Waals surface area contributed by atoms with Crippen LogP contribution < -0.4 is 21.7 Å². The van der Waals surface area contributed by atoms with Crippen molar-refractivity contribution in [2.24, 2.45) is 0 Å². The number of carbonyl (C=O) groups is 1. The third-order valence-electron chi connectivity index (χ3n) is 5.15. The number of benzene rings is 2. The van der Waals surface area contributed by atoms with Crippen molar-refractivity contribution in [3.63, 3.8) is 0 Å². The zero-order chi connectivity index (χ0) is 26.6. The van der Waals surface area contributed by atoms with Crippen molar-refractivity contribution < 1.29 is 22.7 Å². The van der Waals surface area contributed by atoms with Crippen LogP contribution in [0, 0.1) is 0 Å². The van der Waals surface area contributed by atoms with E-state index in [4.69, 9.17) is 5.73 Å². The van der Waals surface area contributed by atoms with E-state index >= 15 is 0 Å². The number of nitrogens with zero attached hydrogens (tertiary/aromatic N) is 3. The molecular weight excluding hydrogens is 493 g/mol. The predicted octanol–water partition coefficient (Wildman–Crippen LogP) is 2.84. The van der Waals surface area contributed by atoms with Crippen LogP contribution >= 0.6 is 0 Å². The number of hydrogen-bond donors (Lipinski definition) is 3. The van der Waals surface area contributed by atoms with Crippen molar-refractivity contribution in [1.29, 1.82) is 0 Å². The van der Waals surface area contributed by atoms with Gasteiger partial charge in [0.05, 0.1) is 6.54 Å². The lowest BCUT2D eigenvalue weighted by atomic mass is 10.0. The number of nitrogens with two attached hydrogens (primary N) is 1. The number of ether oxygens (including phenoxy) is 1.